The smallest absolute Gasteiger partial charge is 0.250 e. The van der Waals surface area contributed by atoms with E-state index in [0.29, 0.717) is 18.1 Å². The third kappa shape index (κ3) is 4.43. The third-order valence-electron chi connectivity index (χ3n) is 3.08. The van der Waals surface area contributed by atoms with Gasteiger partial charge in [0, 0.05) is 24.4 Å². The summed E-state index contributed by atoms with van der Waals surface area (Å²) in [4.78, 5) is 12.1. The molecule has 0 bridgehead atoms. The van der Waals surface area contributed by atoms with E-state index in [2.05, 4.69) is 0 Å². The molecule has 0 fully saturated rings. The minimum absolute atomic E-state index is 0.0190. The fourth-order valence-electron chi connectivity index (χ4n) is 1.96. The van der Waals surface area contributed by atoms with E-state index in [4.69, 9.17) is 22.7 Å². The molecule has 110 valence electrons. The van der Waals surface area contributed by atoms with Gasteiger partial charge in [0.05, 0.1) is 6.61 Å². The molecule has 0 aliphatic carbocycles. The maximum Gasteiger partial charge on any atom is 0.250 e. The fourth-order valence-corrected chi connectivity index (χ4v) is 2.08. The highest BCUT2D eigenvalue weighted by molar-refractivity contribution is 7.80. The van der Waals surface area contributed by atoms with Crippen LogP contribution in [-0.2, 0) is 6.54 Å². The van der Waals surface area contributed by atoms with Gasteiger partial charge in [0.15, 0.2) is 0 Å². The Morgan fingerprint density at radius 2 is 2.14 bits per heavy atom. The van der Waals surface area contributed by atoms with E-state index < -0.39 is 0 Å². The Bertz CT molecular complexity index is 695. The van der Waals surface area contributed by atoms with Crippen LogP contribution in [0.4, 0.5) is 0 Å². The average Bonchev–Trinajstić information content (AvgIpc) is 2.45. The number of hydrogen-bond donors (Lipinski definition) is 1. The van der Waals surface area contributed by atoms with Gasteiger partial charge in [0.25, 0.3) is 5.56 Å². The van der Waals surface area contributed by atoms with Gasteiger partial charge in [-0.25, -0.2) is 0 Å². The van der Waals surface area contributed by atoms with Gasteiger partial charge in [-0.05, 0) is 37.1 Å². The predicted octanol–water partition coefficient (Wildman–Crippen LogP) is 2.26. The van der Waals surface area contributed by atoms with Crippen LogP contribution in [0.25, 0.3) is 0 Å². The number of aromatic nitrogens is 1. The average molecular weight is 302 g/mol. The molecule has 5 heteroatoms. The van der Waals surface area contributed by atoms with Crippen molar-refractivity contribution in [1.29, 1.82) is 0 Å². The molecule has 0 saturated heterocycles. The molecule has 0 atom stereocenters. The largest absolute Gasteiger partial charge is 0.494 e. The summed E-state index contributed by atoms with van der Waals surface area (Å²) in [5, 5.41) is 0. The van der Waals surface area contributed by atoms with Gasteiger partial charge in [-0.1, -0.05) is 24.4 Å². The normalized spacial score (nSPS) is 10.3. The molecule has 0 saturated carbocycles. The standard InChI is InChI=1S/C16H18N2O2S/c1-12-6-8-18(15(19)10-12)7-3-9-20-14-5-2-4-13(11-14)16(17)21/h2,4-6,8,10-11H,3,7,9H2,1H3,(H2,17,21). The minimum Gasteiger partial charge on any atom is -0.494 e. The van der Waals surface area contributed by atoms with E-state index in [1.807, 2.05) is 43.5 Å². The Balaban J connectivity index is 1.86. The lowest BCUT2D eigenvalue weighted by Gasteiger charge is -2.09. The van der Waals surface area contributed by atoms with Crippen LogP contribution in [0.15, 0.2) is 47.4 Å². The zero-order valence-corrected chi connectivity index (χ0v) is 12.7. The number of benzene rings is 1. The molecule has 0 amide bonds. The summed E-state index contributed by atoms with van der Waals surface area (Å²) >= 11 is 4.93. The van der Waals surface area contributed by atoms with Crippen LogP contribution in [0.1, 0.15) is 17.5 Å². The first-order valence-corrected chi connectivity index (χ1v) is 7.17. The maximum absolute atomic E-state index is 11.7. The molecular formula is C16H18N2O2S. The number of nitrogens with zero attached hydrogens (tertiary/aromatic N) is 1. The number of thiocarbonyl (C=S) groups is 1. The van der Waals surface area contributed by atoms with Crippen molar-refractivity contribution in [2.75, 3.05) is 6.61 Å². The van der Waals surface area contributed by atoms with E-state index in [9.17, 15) is 4.79 Å². The Labute approximate surface area is 129 Å². The van der Waals surface area contributed by atoms with E-state index >= 15 is 0 Å². The molecule has 2 N–H and O–H groups in total. The molecule has 0 aliphatic heterocycles. The van der Waals surface area contributed by atoms with Gasteiger partial charge < -0.3 is 15.0 Å². The topological polar surface area (TPSA) is 57.2 Å². The van der Waals surface area contributed by atoms with Gasteiger partial charge >= 0.3 is 0 Å². The summed E-state index contributed by atoms with van der Waals surface area (Å²) in [5.41, 5.74) is 7.36. The van der Waals surface area contributed by atoms with Crippen molar-refractivity contribution in [3.05, 3.63) is 64.1 Å². The summed E-state index contributed by atoms with van der Waals surface area (Å²) in [5.74, 6) is 0.733. The van der Waals surface area contributed by atoms with Crippen molar-refractivity contribution in [2.24, 2.45) is 5.73 Å². The van der Waals surface area contributed by atoms with Gasteiger partial charge in [-0.3, -0.25) is 4.79 Å². The Hall–Kier alpha value is -2.14. The van der Waals surface area contributed by atoms with Crippen LogP contribution < -0.4 is 16.0 Å². The quantitative estimate of drug-likeness (QED) is 0.657. The van der Waals surface area contributed by atoms with E-state index in [-0.39, 0.29) is 5.56 Å². The van der Waals surface area contributed by atoms with E-state index in [0.717, 1.165) is 23.3 Å². The number of pyridine rings is 1. The van der Waals surface area contributed by atoms with Crippen LogP contribution >= 0.6 is 12.2 Å². The van der Waals surface area contributed by atoms with Gasteiger partial charge in [-0.15, -0.1) is 0 Å². The maximum atomic E-state index is 11.7. The first-order chi connectivity index (χ1) is 10.1. The van der Waals surface area contributed by atoms with Gasteiger partial charge in [0.2, 0.25) is 0 Å². The lowest BCUT2D eigenvalue weighted by atomic mass is 10.2. The number of hydrogen-bond acceptors (Lipinski definition) is 3. The number of nitrogens with two attached hydrogens (primary N) is 1. The first-order valence-electron chi connectivity index (χ1n) is 6.76. The van der Waals surface area contributed by atoms with Crippen LogP contribution in [0.3, 0.4) is 0 Å². The van der Waals surface area contributed by atoms with Crippen molar-refractivity contribution in [2.45, 2.75) is 19.9 Å². The Kier molecular flexibility index (Phi) is 5.11. The van der Waals surface area contributed by atoms with Crippen molar-refractivity contribution < 1.29 is 4.74 Å². The lowest BCUT2D eigenvalue weighted by Crippen LogP contribution is -2.19. The second-order valence-electron chi connectivity index (χ2n) is 4.83. The highest BCUT2D eigenvalue weighted by Gasteiger charge is 2.00. The molecule has 0 spiro atoms. The van der Waals surface area contributed by atoms with Crippen LogP contribution in [-0.4, -0.2) is 16.2 Å². The molecule has 1 aromatic heterocycles. The summed E-state index contributed by atoms with van der Waals surface area (Å²) in [6.07, 6.45) is 2.56. The van der Waals surface area contributed by atoms with Crippen molar-refractivity contribution in [3.63, 3.8) is 0 Å². The SMILES string of the molecule is Cc1ccn(CCCOc2cccc(C(N)=S)c2)c(=O)c1. The highest BCUT2D eigenvalue weighted by atomic mass is 32.1. The van der Waals surface area contributed by atoms with Crippen LogP contribution in [0.2, 0.25) is 0 Å². The summed E-state index contributed by atoms with van der Waals surface area (Å²) < 4.78 is 7.33. The summed E-state index contributed by atoms with van der Waals surface area (Å²) in [7, 11) is 0. The predicted molar refractivity (Wildman–Crippen MR) is 87.9 cm³/mol. The molecule has 1 aromatic carbocycles. The first kappa shape index (κ1) is 15.3. The molecule has 1 heterocycles. The molecule has 0 aliphatic rings. The van der Waals surface area contributed by atoms with E-state index in [1.54, 1.807) is 10.6 Å². The molecule has 0 radical (unpaired) electrons. The third-order valence-corrected chi connectivity index (χ3v) is 3.32. The summed E-state index contributed by atoms with van der Waals surface area (Å²) in [6, 6.07) is 10.9. The molecule has 4 nitrogen and oxygen atoms in total. The second-order valence-corrected chi connectivity index (χ2v) is 5.27. The summed E-state index contributed by atoms with van der Waals surface area (Å²) in [6.45, 7) is 3.07. The molecular weight excluding hydrogens is 284 g/mol. The molecule has 21 heavy (non-hydrogen) atoms. The Morgan fingerprint density at radius 1 is 1.33 bits per heavy atom. The van der Waals surface area contributed by atoms with Crippen LogP contribution in [0, 0.1) is 6.92 Å². The van der Waals surface area contributed by atoms with Crippen LogP contribution in [0.5, 0.6) is 5.75 Å². The molecule has 0 unspecified atom stereocenters. The lowest BCUT2D eigenvalue weighted by molar-refractivity contribution is 0.301. The zero-order valence-electron chi connectivity index (χ0n) is 11.9. The van der Waals surface area contributed by atoms with Crippen molar-refractivity contribution in [3.8, 4) is 5.75 Å². The number of rotatable bonds is 6. The zero-order chi connectivity index (χ0) is 15.2. The van der Waals surface area contributed by atoms with Gasteiger partial charge in [0.1, 0.15) is 10.7 Å². The van der Waals surface area contributed by atoms with Gasteiger partial charge in [-0.2, -0.15) is 0 Å². The van der Waals surface area contributed by atoms with E-state index in [1.165, 1.54) is 0 Å². The van der Waals surface area contributed by atoms with Crippen molar-refractivity contribution >= 4 is 17.2 Å². The monoisotopic (exact) mass is 302 g/mol. The second kappa shape index (κ2) is 7.04. The highest BCUT2D eigenvalue weighted by Crippen LogP contribution is 2.13. The van der Waals surface area contributed by atoms with Crippen molar-refractivity contribution in [1.82, 2.24) is 4.57 Å². The fraction of sp³-hybridized carbons (Fsp3) is 0.250. The Morgan fingerprint density at radius 3 is 2.86 bits per heavy atom. The molecule has 2 aromatic rings. The number of ether oxygens (including phenoxy) is 1. The number of aryl methyl sites for hydroxylation is 2. The molecule has 2 rings (SSSR count). The minimum atomic E-state index is 0.0190.